The lowest BCUT2D eigenvalue weighted by Gasteiger charge is -2.21. The molecule has 1 aromatic carbocycles. The van der Waals surface area contributed by atoms with Crippen LogP contribution in [0.15, 0.2) is 42.6 Å². The number of aromatic nitrogens is 1. The average molecular weight is 273 g/mol. The van der Waals surface area contributed by atoms with E-state index in [1.54, 1.807) is 29.4 Å². The summed E-state index contributed by atoms with van der Waals surface area (Å²) in [4.78, 5) is 4.33. The molecule has 5 N–H and O–H groups in total. The van der Waals surface area contributed by atoms with Gasteiger partial charge in [0.15, 0.2) is 0 Å². The molecule has 0 fully saturated rings. The lowest BCUT2D eigenvalue weighted by Crippen LogP contribution is -2.46. The third kappa shape index (κ3) is 2.24. The summed E-state index contributed by atoms with van der Waals surface area (Å²) in [6.45, 7) is 0.361. The second-order valence-electron chi connectivity index (χ2n) is 4.78. The number of benzene rings is 1. The van der Waals surface area contributed by atoms with E-state index in [9.17, 15) is 4.39 Å². The fraction of sp³-hybridized carbons (Fsp3) is 0.214. The van der Waals surface area contributed by atoms with E-state index in [1.165, 1.54) is 6.07 Å². The van der Waals surface area contributed by atoms with Crippen molar-refractivity contribution in [3.05, 3.63) is 59.5 Å². The van der Waals surface area contributed by atoms with Crippen LogP contribution in [0.5, 0.6) is 0 Å². The molecule has 0 spiro atoms. The molecule has 1 aliphatic rings. The highest BCUT2D eigenvalue weighted by Crippen LogP contribution is 2.32. The highest BCUT2D eigenvalue weighted by Gasteiger charge is 2.32. The van der Waals surface area contributed by atoms with Crippen molar-refractivity contribution in [3.8, 4) is 0 Å². The number of nitrogens with zero attached hydrogens (tertiary/aromatic N) is 2. The minimum atomic E-state index is -0.552. The normalized spacial score (nSPS) is 17.6. The zero-order valence-corrected chi connectivity index (χ0v) is 10.8. The number of nitrogens with one attached hydrogen (secondary N) is 1. The summed E-state index contributed by atoms with van der Waals surface area (Å²) in [5, 5.41) is 1.78. The predicted molar refractivity (Wildman–Crippen MR) is 74.9 cm³/mol. The zero-order chi connectivity index (χ0) is 14.1. The Kier molecular flexibility index (Phi) is 3.35. The minimum absolute atomic E-state index is 0.217. The SMILES string of the molecule is NC(N)C1NN(Cc2ccccc2F)c2ncccc21. The van der Waals surface area contributed by atoms with Crippen LogP contribution < -0.4 is 21.9 Å². The maximum atomic E-state index is 13.8. The van der Waals surface area contributed by atoms with Crippen molar-refractivity contribution in [2.24, 2.45) is 11.5 Å². The molecule has 0 saturated heterocycles. The molecule has 1 unspecified atom stereocenters. The van der Waals surface area contributed by atoms with Gasteiger partial charge in [-0.2, -0.15) is 0 Å². The summed E-state index contributed by atoms with van der Waals surface area (Å²) in [6, 6.07) is 10.2. The van der Waals surface area contributed by atoms with Gasteiger partial charge in [-0.3, -0.25) is 5.01 Å². The highest BCUT2D eigenvalue weighted by molar-refractivity contribution is 5.53. The number of anilines is 1. The molecule has 0 radical (unpaired) electrons. The maximum absolute atomic E-state index is 13.8. The summed E-state index contributed by atoms with van der Waals surface area (Å²) in [7, 11) is 0. The Morgan fingerprint density at radius 3 is 2.80 bits per heavy atom. The van der Waals surface area contributed by atoms with Crippen molar-refractivity contribution >= 4 is 5.82 Å². The molecule has 5 nitrogen and oxygen atoms in total. The zero-order valence-electron chi connectivity index (χ0n) is 10.8. The van der Waals surface area contributed by atoms with Crippen LogP contribution >= 0.6 is 0 Å². The van der Waals surface area contributed by atoms with Crippen LogP contribution in [0.4, 0.5) is 10.2 Å². The molecule has 1 atom stereocenters. The molecule has 0 aliphatic carbocycles. The van der Waals surface area contributed by atoms with Crippen LogP contribution in [0.1, 0.15) is 17.2 Å². The number of hydrogen-bond donors (Lipinski definition) is 3. The van der Waals surface area contributed by atoms with E-state index in [1.807, 2.05) is 12.1 Å². The highest BCUT2D eigenvalue weighted by atomic mass is 19.1. The van der Waals surface area contributed by atoms with Gasteiger partial charge in [0.1, 0.15) is 11.6 Å². The van der Waals surface area contributed by atoms with Gasteiger partial charge >= 0.3 is 0 Å². The molecule has 0 amide bonds. The fourth-order valence-electron chi connectivity index (χ4n) is 2.39. The first-order chi connectivity index (χ1) is 9.66. The Bertz CT molecular complexity index is 616. The standard InChI is InChI=1S/C14H16FN5/c15-11-6-2-1-4-9(11)8-20-14-10(5-3-7-18-14)12(19-20)13(16)17/h1-7,12-13,19H,8,16-17H2. The summed E-state index contributed by atoms with van der Waals surface area (Å²) >= 11 is 0. The number of rotatable bonds is 3. The van der Waals surface area contributed by atoms with E-state index >= 15 is 0 Å². The number of halogens is 1. The van der Waals surface area contributed by atoms with Crippen LogP contribution in [0.3, 0.4) is 0 Å². The van der Waals surface area contributed by atoms with E-state index in [2.05, 4.69) is 10.4 Å². The van der Waals surface area contributed by atoms with Gasteiger partial charge in [0, 0.05) is 17.3 Å². The van der Waals surface area contributed by atoms with Crippen molar-refractivity contribution in [2.45, 2.75) is 18.8 Å². The van der Waals surface area contributed by atoms with Gasteiger partial charge in [-0.15, -0.1) is 0 Å². The second kappa shape index (κ2) is 5.16. The maximum Gasteiger partial charge on any atom is 0.148 e. The van der Waals surface area contributed by atoms with Crippen molar-refractivity contribution in [1.29, 1.82) is 0 Å². The van der Waals surface area contributed by atoms with E-state index in [0.29, 0.717) is 12.1 Å². The van der Waals surface area contributed by atoms with Gasteiger partial charge in [0.05, 0.1) is 18.8 Å². The monoisotopic (exact) mass is 273 g/mol. The molecule has 2 aromatic rings. The molecule has 2 heterocycles. The largest absolute Gasteiger partial charge is 0.314 e. The summed E-state index contributed by atoms with van der Waals surface area (Å²) < 4.78 is 13.8. The third-order valence-electron chi connectivity index (χ3n) is 3.37. The van der Waals surface area contributed by atoms with Crippen LogP contribution in [-0.4, -0.2) is 11.1 Å². The molecule has 3 rings (SSSR count). The van der Waals surface area contributed by atoms with Gasteiger partial charge in [0.25, 0.3) is 0 Å². The van der Waals surface area contributed by atoms with Crippen molar-refractivity contribution in [3.63, 3.8) is 0 Å². The molecule has 6 heteroatoms. The Morgan fingerprint density at radius 2 is 2.05 bits per heavy atom. The van der Waals surface area contributed by atoms with Gasteiger partial charge in [0.2, 0.25) is 0 Å². The number of pyridine rings is 1. The average Bonchev–Trinajstić information content (AvgIpc) is 2.81. The quantitative estimate of drug-likeness (QED) is 0.728. The van der Waals surface area contributed by atoms with E-state index < -0.39 is 6.17 Å². The number of nitrogens with two attached hydrogens (primary N) is 2. The number of hydrogen-bond acceptors (Lipinski definition) is 5. The third-order valence-corrected chi connectivity index (χ3v) is 3.37. The van der Waals surface area contributed by atoms with Gasteiger partial charge < -0.3 is 11.5 Å². The molecular weight excluding hydrogens is 257 g/mol. The van der Waals surface area contributed by atoms with E-state index in [0.717, 1.165) is 11.4 Å². The molecular formula is C14H16FN5. The van der Waals surface area contributed by atoms with Crippen LogP contribution in [-0.2, 0) is 6.54 Å². The van der Waals surface area contributed by atoms with Crippen LogP contribution in [0.25, 0.3) is 0 Å². The van der Waals surface area contributed by atoms with E-state index in [4.69, 9.17) is 11.5 Å². The topological polar surface area (TPSA) is 80.2 Å². The lowest BCUT2D eigenvalue weighted by molar-refractivity contribution is 0.460. The summed E-state index contributed by atoms with van der Waals surface area (Å²) in [5.74, 6) is 0.494. The molecule has 1 aromatic heterocycles. The van der Waals surface area contributed by atoms with Crippen molar-refractivity contribution < 1.29 is 4.39 Å². The van der Waals surface area contributed by atoms with Crippen molar-refractivity contribution in [1.82, 2.24) is 10.4 Å². The molecule has 0 bridgehead atoms. The summed E-state index contributed by atoms with van der Waals surface area (Å²) in [6.07, 6.45) is 1.14. The fourth-order valence-corrected chi connectivity index (χ4v) is 2.39. The van der Waals surface area contributed by atoms with Crippen LogP contribution in [0.2, 0.25) is 0 Å². The second-order valence-corrected chi connectivity index (χ2v) is 4.78. The Balaban J connectivity index is 1.91. The Labute approximate surface area is 116 Å². The summed E-state index contributed by atoms with van der Waals surface area (Å²) in [5.41, 5.74) is 16.3. The first kappa shape index (κ1) is 13.0. The van der Waals surface area contributed by atoms with E-state index in [-0.39, 0.29) is 11.9 Å². The van der Waals surface area contributed by atoms with Crippen LogP contribution in [0, 0.1) is 5.82 Å². The molecule has 1 aliphatic heterocycles. The van der Waals surface area contributed by atoms with Crippen molar-refractivity contribution in [2.75, 3.05) is 5.01 Å². The van der Waals surface area contributed by atoms with Gasteiger partial charge in [-0.05, 0) is 12.1 Å². The predicted octanol–water partition coefficient (Wildman–Crippen LogP) is 1.03. The number of hydrazine groups is 1. The molecule has 20 heavy (non-hydrogen) atoms. The van der Waals surface area contributed by atoms with Gasteiger partial charge in [-0.1, -0.05) is 24.3 Å². The smallest absolute Gasteiger partial charge is 0.148 e. The van der Waals surface area contributed by atoms with Gasteiger partial charge in [-0.25, -0.2) is 14.8 Å². The molecule has 0 saturated carbocycles. The Morgan fingerprint density at radius 1 is 1.25 bits per heavy atom. The first-order valence-electron chi connectivity index (χ1n) is 6.40. The minimum Gasteiger partial charge on any atom is -0.314 e. The number of fused-ring (bicyclic) bond motifs is 1. The molecule has 104 valence electrons. The first-order valence-corrected chi connectivity index (χ1v) is 6.40. The lowest BCUT2D eigenvalue weighted by atomic mass is 10.1. The Hall–Kier alpha value is -2.02.